The summed E-state index contributed by atoms with van der Waals surface area (Å²) in [6, 6.07) is 19.0. The van der Waals surface area contributed by atoms with Gasteiger partial charge < -0.3 is 5.32 Å². The molecule has 0 unspecified atom stereocenters. The highest BCUT2D eigenvalue weighted by Crippen LogP contribution is 2.27. The molecule has 4 aromatic rings. The third kappa shape index (κ3) is 4.74. The number of halogens is 2. The lowest BCUT2D eigenvalue weighted by molar-refractivity contribution is -0.113. The lowest BCUT2D eigenvalue weighted by Gasteiger charge is -2.16. The molecule has 0 atom stereocenters. The lowest BCUT2D eigenvalue weighted by Crippen LogP contribution is -2.23. The Morgan fingerprint density at radius 3 is 2.73 bits per heavy atom. The van der Waals surface area contributed by atoms with E-state index in [9.17, 15) is 14.9 Å². The molecular weight excluding hydrogens is 479 g/mol. The number of fused-ring (bicyclic) bond motifs is 1. The molecule has 0 aliphatic heterocycles. The summed E-state index contributed by atoms with van der Waals surface area (Å²) in [5.41, 5.74) is 2.22. The van der Waals surface area contributed by atoms with E-state index in [4.69, 9.17) is 23.2 Å². The fourth-order valence-electron chi connectivity index (χ4n) is 3.29. The molecule has 164 valence electrons. The third-order valence-corrected chi connectivity index (χ3v) is 6.52. The van der Waals surface area contributed by atoms with Crippen molar-refractivity contribution in [1.29, 1.82) is 5.26 Å². The normalized spacial score (nSPS) is 10.7. The Labute approximate surface area is 203 Å². The van der Waals surface area contributed by atoms with E-state index in [0.717, 1.165) is 17.3 Å². The quantitative estimate of drug-likeness (QED) is 0.288. The zero-order valence-corrected chi connectivity index (χ0v) is 19.6. The van der Waals surface area contributed by atoms with Gasteiger partial charge >= 0.3 is 0 Å². The Kier molecular flexibility index (Phi) is 6.70. The van der Waals surface area contributed by atoms with Crippen molar-refractivity contribution in [3.63, 3.8) is 0 Å². The number of rotatable bonds is 5. The minimum absolute atomic E-state index is 0.0399. The highest BCUT2D eigenvalue weighted by molar-refractivity contribution is 7.99. The molecule has 0 radical (unpaired) electrons. The van der Waals surface area contributed by atoms with Crippen LogP contribution >= 0.6 is 35.0 Å². The molecule has 9 heteroatoms. The van der Waals surface area contributed by atoms with Crippen molar-refractivity contribution in [3.05, 3.63) is 92.2 Å². The van der Waals surface area contributed by atoms with Crippen molar-refractivity contribution in [2.24, 2.45) is 0 Å². The van der Waals surface area contributed by atoms with Crippen molar-refractivity contribution < 1.29 is 4.79 Å². The van der Waals surface area contributed by atoms with Crippen LogP contribution in [0.3, 0.4) is 0 Å². The van der Waals surface area contributed by atoms with Crippen molar-refractivity contribution in [3.8, 4) is 11.8 Å². The number of thioether (sulfide) groups is 1. The van der Waals surface area contributed by atoms with Crippen LogP contribution in [0, 0.1) is 18.3 Å². The summed E-state index contributed by atoms with van der Waals surface area (Å²) in [5.74, 6) is -0.405. The van der Waals surface area contributed by atoms with Gasteiger partial charge in [-0.1, -0.05) is 53.2 Å². The zero-order chi connectivity index (χ0) is 23.5. The Morgan fingerprint density at radius 1 is 1.15 bits per heavy atom. The molecule has 1 amide bonds. The van der Waals surface area contributed by atoms with Gasteiger partial charge in [-0.15, -0.1) is 0 Å². The van der Waals surface area contributed by atoms with Gasteiger partial charge in [0.1, 0.15) is 6.07 Å². The van der Waals surface area contributed by atoms with Gasteiger partial charge in [0.15, 0.2) is 5.16 Å². The van der Waals surface area contributed by atoms with Gasteiger partial charge in [0.05, 0.1) is 33.6 Å². The second kappa shape index (κ2) is 9.67. The van der Waals surface area contributed by atoms with Crippen LogP contribution in [0.4, 0.5) is 5.69 Å². The topological polar surface area (TPSA) is 87.8 Å². The average molecular weight is 495 g/mol. The number of aromatic nitrogens is 2. The Morgan fingerprint density at radius 2 is 1.94 bits per heavy atom. The summed E-state index contributed by atoms with van der Waals surface area (Å²) in [6.07, 6.45) is 0. The summed E-state index contributed by atoms with van der Waals surface area (Å²) >= 11 is 13.4. The van der Waals surface area contributed by atoms with Crippen LogP contribution in [0.15, 0.2) is 70.6 Å². The summed E-state index contributed by atoms with van der Waals surface area (Å²) in [6.45, 7) is 1.82. The van der Waals surface area contributed by atoms with Crippen molar-refractivity contribution in [2.45, 2.75) is 12.1 Å². The van der Waals surface area contributed by atoms with E-state index in [2.05, 4.69) is 10.3 Å². The minimum atomic E-state index is -0.365. The smallest absolute Gasteiger partial charge is 0.266 e. The fourth-order valence-corrected chi connectivity index (χ4v) is 4.44. The lowest BCUT2D eigenvalue weighted by atomic mass is 10.2. The average Bonchev–Trinajstić information content (AvgIpc) is 2.80. The largest absolute Gasteiger partial charge is 0.324 e. The maximum absolute atomic E-state index is 13.4. The number of carbonyl (C=O) groups excluding carboxylic acids is 1. The van der Waals surface area contributed by atoms with Crippen LogP contribution in [0.25, 0.3) is 16.6 Å². The highest BCUT2D eigenvalue weighted by atomic mass is 35.5. The van der Waals surface area contributed by atoms with E-state index in [0.29, 0.717) is 43.0 Å². The molecule has 33 heavy (non-hydrogen) atoms. The number of nitriles is 1. The molecule has 0 saturated carbocycles. The number of hydrogen-bond acceptors (Lipinski definition) is 5. The number of hydrogen-bond donors (Lipinski definition) is 1. The number of anilines is 1. The molecule has 1 N–H and O–H groups in total. The van der Waals surface area contributed by atoms with E-state index in [1.165, 1.54) is 16.7 Å². The molecule has 0 aliphatic carbocycles. The summed E-state index contributed by atoms with van der Waals surface area (Å²) in [4.78, 5) is 30.7. The number of carbonyl (C=O) groups is 1. The molecular formula is C24H16Cl2N4O2S. The monoisotopic (exact) mass is 494 g/mol. The van der Waals surface area contributed by atoms with E-state index in [-0.39, 0.29) is 17.2 Å². The molecule has 0 saturated heterocycles. The first kappa shape index (κ1) is 22.9. The number of benzene rings is 3. The number of amides is 1. The molecule has 0 spiro atoms. The van der Waals surface area contributed by atoms with Gasteiger partial charge in [-0.3, -0.25) is 14.2 Å². The molecule has 1 heterocycles. The van der Waals surface area contributed by atoms with Crippen LogP contribution in [0.1, 0.15) is 11.1 Å². The first-order valence-electron chi connectivity index (χ1n) is 9.78. The zero-order valence-electron chi connectivity index (χ0n) is 17.3. The van der Waals surface area contributed by atoms with Gasteiger partial charge in [0.2, 0.25) is 5.91 Å². The first-order valence-corrected chi connectivity index (χ1v) is 11.5. The van der Waals surface area contributed by atoms with Crippen LogP contribution in [0.5, 0.6) is 0 Å². The van der Waals surface area contributed by atoms with Gasteiger partial charge in [-0.2, -0.15) is 5.26 Å². The van der Waals surface area contributed by atoms with Crippen LogP contribution in [-0.2, 0) is 4.79 Å². The molecule has 6 nitrogen and oxygen atoms in total. The summed E-state index contributed by atoms with van der Waals surface area (Å²) < 4.78 is 1.47. The molecule has 0 bridgehead atoms. The predicted octanol–water partition coefficient (Wildman–Crippen LogP) is 5.60. The number of para-hydroxylation sites is 1. The van der Waals surface area contributed by atoms with Crippen molar-refractivity contribution in [1.82, 2.24) is 9.55 Å². The van der Waals surface area contributed by atoms with Gasteiger partial charge in [-0.25, -0.2) is 4.98 Å². The van der Waals surface area contributed by atoms with E-state index >= 15 is 0 Å². The van der Waals surface area contributed by atoms with E-state index in [1.54, 1.807) is 48.5 Å². The second-order valence-corrected chi connectivity index (χ2v) is 8.86. The number of nitrogens with zero attached hydrogens (tertiary/aromatic N) is 3. The Hall–Kier alpha value is -3.31. The third-order valence-electron chi connectivity index (χ3n) is 4.93. The summed E-state index contributed by atoms with van der Waals surface area (Å²) in [7, 11) is 0. The predicted molar refractivity (Wildman–Crippen MR) is 133 cm³/mol. The van der Waals surface area contributed by atoms with Crippen molar-refractivity contribution in [2.75, 3.05) is 11.1 Å². The molecule has 0 fully saturated rings. The standard InChI is InChI=1S/C24H16Cl2N4O2S/c1-14-18(26)6-4-8-21(14)30-23(32)17-5-2-3-7-19(17)29-24(30)33-13-22(31)28-20-11-16(25)10-9-15(20)12-27/h2-11H,13H2,1H3,(H,28,31). The van der Waals surface area contributed by atoms with Gasteiger partial charge in [0.25, 0.3) is 5.56 Å². The van der Waals surface area contributed by atoms with Crippen molar-refractivity contribution >= 4 is 57.5 Å². The minimum Gasteiger partial charge on any atom is -0.324 e. The fraction of sp³-hybridized carbons (Fsp3) is 0.0833. The molecule has 0 aliphatic rings. The van der Waals surface area contributed by atoms with Crippen LogP contribution in [0.2, 0.25) is 10.0 Å². The Balaban J connectivity index is 1.71. The molecule has 3 aromatic carbocycles. The second-order valence-electron chi connectivity index (χ2n) is 7.07. The van der Waals surface area contributed by atoms with Crippen LogP contribution < -0.4 is 10.9 Å². The van der Waals surface area contributed by atoms with E-state index < -0.39 is 0 Å². The van der Waals surface area contributed by atoms with Gasteiger partial charge in [-0.05, 0) is 55.0 Å². The van der Waals surface area contributed by atoms with Gasteiger partial charge in [0, 0.05) is 10.0 Å². The first-order chi connectivity index (χ1) is 15.9. The maximum Gasteiger partial charge on any atom is 0.266 e. The summed E-state index contributed by atoms with van der Waals surface area (Å²) in [5, 5.41) is 13.7. The van der Waals surface area contributed by atoms with Crippen LogP contribution in [-0.4, -0.2) is 21.2 Å². The van der Waals surface area contributed by atoms with E-state index in [1.807, 2.05) is 13.0 Å². The Bertz CT molecular complexity index is 1490. The maximum atomic E-state index is 13.4. The molecule has 1 aromatic heterocycles. The SMILES string of the molecule is Cc1c(Cl)cccc1-n1c(SCC(=O)Nc2cc(Cl)ccc2C#N)nc2ccccc2c1=O. The molecule has 4 rings (SSSR count). The highest BCUT2D eigenvalue weighted by Gasteiger charge is 2.17. The number of nitrogens with one attached hydrogen (secondary N) is 1.